The zero-order valence-corrected chi connectivity index (χ0v) is 10.4. The third-order valence-electron chi connectivity index (χ3n) is 2.71. The molecule has 0 amide bonds. The van der Waals surface area contributed by atoms with Crippen molar-refractivity contribution in [3.63, 3.8) is 0 Å². The van der Waals surface area contributed by atoms with Crippen LogP contribution >= 0.6 is 0 Å². The number of halogens is 3. The monoisotopic (exact) mass is 267 g/mol. The fourth-order valence-electron chi connectivity index (χ4n) is 1.78. The Morgan fingerprint density at radius 2 is 1.63 bits per heavy atom. The van der Waals surface area contributed by atoms with Crippen LogP contribution in [0.15, 0.2) is 24.5 Å². The van der Waals surface area contributed by atoms with Crippen molar-refractivity contribution in [1.82, 2.24) is 9.97 Å². The highest BCUT2D eigenvalue weighted by Gasteiger charge is 2.15. The fourth-order valence-corrected chi connectivity index (χ4v) is 1.78. The summed E-state index contributed by atoms with van der Waals surface area (Å²) in [6.45, 7) is 3.50. The van der Waals surface area contributed by atoms with Crippen LogP contribution in [-0.4, -0.2) is 9.97 Å². The number of anilines is 1. The van der Waals surface area contributed by atoms with Crippen molar-refractivity contribution >= 4 is 5.69 Å². The highest BCUT2D eigenvalue weighted by Crippen LogP contribution is 2.23. The average molecular weight is 267 g/mol. The zero-order valence-electron chi connectivity index (χ0n) is 10.4. The number of hydrogen-bond acceptors (Lipinski definition) is 3. The molecule has 0 bridgehead atoms. The Morgan fingerprint density at radius 1 is 1.00 bits per heavy atom. The molecule has 1 aromatic heterocycles. The Labute approximate surface area is 108 Å². The molecule has 1 heterocycles. The van der Waals surface area contributed by atoms with Gasteiger partial charge in [0.15, 0.2) is 11.6 Å². The van der Waals surface area contributed by atoms with Gasteiger partial charge in [-0.1, -0.05) is 0 Å². The molecule has 3 nitrogen and oxygen atoms in total. The van der Waals surface area contributed by atoms with Gasteiger partial charge in [0.05, 0.1) is 23.1 Å². The lowest BCUT2D eigenvalue weighted by molar-refractivity contribution is 0.495. The molecule has 0 aliphatic carbocycles. The average Bonchev–Trinajstić information content (AvgIpc) is 2.36. The summed E-state index contributed by atoms with van der Waals surface area (Å²) >= 11 is 0. The van der Waals surface area contributed by atoms with E-state index in [2.05, 4.69) is 15.3 Å². The molecule has 1 atom stereocenters. The number of nitrogens with zero attached hydrogens (tertiary/aromatic N) is 2. The first-order valence-corrected chi connectivity index (χ1v) is 5.67. The molecule has 1 unspecified atom stereocenters. The van der Waals surface area contributed by atoms with Gasteiger partial charge in [-0.25, -0.2) is 13.2 Å². The first-order chi connectivity index (χ1) is 8.99. The van der Waals surface area contributed by atoms with Gasteiger partial charge in [0, 0.05) is 24.5 Å². The highest BCUT2D eigenvalue weighted by atomic mass is 19.2. The summed E-state index contributed by atoms with van der Waals surface area (Å²) in [5.74, 6) is -3.18. The van der Waals surface area contributed by atoms with E-state index in [9.17, 15) is 13.2 Å². The molecule has 100 valence electrons. The maximum Gasteiger partial charge on any atom is 0.161 e. The molecule has 19 heavy (non-hydrogen) atoms. The number of rotatable bonds is 3. The molecular formula is C13H12F3N3. The van der Waals surface area contributed by atoms with Crippen LogP contribution in [0, 0.1) is 24.4 Å². The van der Waals surface area contributed by atoms with E-state index in [1.807, 2.05) is 0 Å². The second kappa shape index (κ2) is 5.26. The molecule has 1 N–H and O–H groups in total. The molecule has 2 rings (SSSR count). The number of benzene rings is 1. The van der Waals surface area contributed by atoms with Crippen LogP contribution in [0.2, 0.25) is 0 Å². The normalized spacial score (nSPS) is 12.3. The molecule has 1 aromatic carbocycles. The van der Waals surface area contributed by atoms with Crippen molar-refractivity contribution in [1.29, 1.82) is 0 Å². The lowest BCUT2D eigenvalue weighted by Crippen LogP contribution is -2.12. The van der Waals surface area contributed by atoms with Crippen LogP contribution in [0.25, 0.3) is 0 Å². The lowest BCUT2D eigenvalue weighted by atomic mass is 10.1. The lowest BCUT2D eigenvalue weighted by Gasteiger charge is -2.16. The van der Waals surface area contributed by atoms with Gasteiger partial charge in [-0.15, -0.1) is 0 Å². The highest BCUT2D eigenvalue weighted by molar-refractivity contribution is 5.47. The van der Waals surface area contributed by atoms with E-state index >= 15 is 0 Å². The molecule has 0 radical (unpaired) electrons. The predicted octanol–water partition coefficient (Wildman–Crippen LogP) is 3.38. The molecule has 0 saturated carbocycles. The van der Waals surface area contributed by atoms with Crippen LogP contribution in [0.4, 0.5) is 18.9 Å². The van der Waals surface area contributed by atoms with Crippen LogP contribution in [0.3, 0.4) is 0 Å². The summed E-state index contributed by atoms with van der Waals surface area (Å²) in [5.41, 5.74) is 1.19. The minimum Gasteiger partial charge on any atom is -0.374 e. The Balaban J connectivity index is 2.27. The van der Waals surface area contributed by atoms with Crippen molar-refractivity contribution in [2.24, 2.45) is 0 Å². The van der Waals surface area contributed by atoms with E-state index in [0.717, 1.165) is 6.07 Å². The summed E-state index contributed by atoms with van der Waals surface area (Å²) in [6.07, 6.45) is 3.06. The summed E-state index contributed by atoms with van der Waals surface area (Å²) in [5, 5.41) is 2.75. The van der Waals surface area contributed by atoms with Crippen LogP contribution in [-0.2, 0) is 0 Å². The first-order valence-electron chi connectivity index (χ1n) is 5.67. The van der Waals surface area contributed by atoms with Crippen molar-refractivity contribution in [3.05, 3.63) is 53.4 Å². The van der Waals surface area contributed by atoms with Gasteiger partial charge in [-0.2, -0.15) is 0 Å². The van der Waals surface area contributed by atoms with E-state index in [-0.39, 0.29) is 11.7 Å². The molecule has 6 heteroatoms. The quantitative estimate of drug-likeness (QED) is 0.866. The molecular weight excluding hydrogens is 255 g/mol. The van der Waals surface area contributed by atoms with Crippen molar-refractivity contribution in [3.8, 4) is 0 Å². The van der Waals surface area contributed by atoms with Crippen molar-refractivity contribution < 1.29 is 13.2 Å². The largest absolute Gasteiger partial charge is 0.374 e. The molecule has 0 aliphatic rings. The fraction of sp³-hybridized carbons (Fsp3) is 0.231. The Bertz CT molecular complexity index is 602. The van der Waals surface area contributed by atoms with E-state index in [1.165, 1.54) is 6.20 Å². The first kappa shape index (κ1) is 13.3. The number of aromatic nitrogens is 2. The van der Waals surface area contributed by atoms with Crippen LogP contribution in [0.1, 0.15) is 24.4 Å². The van der Waals surface area contributed by atoms with E-state index in [4.69, 9.17) is 0 Å². The summed E-state index contributed by atoms with van der Waals surface area (Å²) in [4.78, 5) is 8.19. The maximum atomic E-state index is 13.5. The topological polar surface area (TPSA) is 37.8 Å². The molecule has 0 saturated heterocycles. The second-order valence-electron chi connectivity index (χ2n) is 4.14. The third kappa shape index (κ3) is 2.83. The van der Waals surface area contributed by atoms with Crippen molar-refractivity contribution in [2.45, 2.75) is 19.9 Å². The minimum atomic E-state index is -1.22. The van der Waals surface area contributed by atoms with E-state index in [1.54, 1.807) is 20.0 Å². The zero-order chi connectivity index (χ0) is 14.0. The Morgan fingerprint density at radius 3 is 2.32 bits per heavy atom. The van der Waals surface area contributed by atoms with Gasteiger partial charge >= 0.3 is 0 Å². The second-order valence-corrected chi connectivity index (χ2v) is 4.14. The van der Waals surface area contributed by atoms with Gasteiger partial charge in [0.25, 0.3) is 0 Å². The molecule has 0 fully saturated rings. The Hall–Kier alpha value is -2.11. The standard InChI is InChI=1S/C13H12F3N3/c1-7-13(18-4-3-17-7)8(2)19-12-6-10(15)9(14)5-11(12)16/h3-6,8,19H,1-2H3. The smallest absolute Gasteiger partial charge is 0.161 e. The van der Waals surface area contributed by atoms with Gasteiger partial charge < -0.3 is 5.32 Å². The maximum absolute atomic E-state index is 13.5. The summed E-state index contributed by atoms with van der Waals surface area (Å²) < 4.78 is 39.4. The summed E-state index contributed by atoms with van der Waals surface area (Å²) in [6, 6.07) is 0.911. The number of aryl methyl sites for hydroxylation is 1. The van der Waals surface area contributed by atoms with E-state index in [0.29, 0.717) is 17.5 Å². The van der Waals surface area contributed by atoms with Gasteiger partial charge in [-0.05, 0) is 13.8 Å². The van der Waals surface area contributed by atoms with E-state index < -0.39 is 17.5 Å². The number of hydrogen-bond donors (Lipinski definition) is 1. The number of nitrogens with one attached hydrogen (secondary N) is 1. The summed E-state index contributed by atoms with van der Waals surface area (Å²) in [7, 11) is 0. The molecule has 2 aromatic rings. The van der Waals surface area contributed by atoms with Crippen molar-refractivity contribution in [2.75, 3.05) is 5.32 Å². The van der Waals surface area contributed by atoms with Crippen LogP contribution in [0.5, 0.6) is 0 Å². The van der Waals surface area contributed by atoms with Gasteiger partial charge in [0.1, 0.15) is 5.82 Å². The van der Waals surface area contributed by atoms with Crippen LogP contribution < -0.4 is 5.32 Å². The molecule has 0 aliphatic heterocycles. The SMILES string of the molecule is Cc1nccnc1C(C)Nc1cc(F)c(F)cc1F. The third-order valence-corrected chi connectivity index (χ3v) is 2.71. The predicted molar refractivity (Wildman–Crippen MR) is 65.1 cm³/mol. The Kier molecular flexibility index (Phi) is 3.69. The van der Waals surface area contributed by atoms with Gasteiger partial charge in [-0.3, -0.25) is 9.97 Å². The van der Waals surface area contributed by atoms with Gasteiger partial charge in [0.2, 0.25) is 0 Å². The minimum absolute atomic E-state index is 0.114. The molecule has 0 spiro atoms.